The number of hydrogen-bond donors (Lipinski definition) is 1. The van der Waals surface area contributed by atoms with Crippen molar-refractivity contribution < 1.29 is 9.59 Å². The Kier molecular flexibility index (Phi) is 3.16. The first-order valence-corrected chi connectivity index (χ1v) is 7.73. The average molecular weight is 317 g/mol. The van der Waals surface area contributed by atoms with Gasteiger partial charge in [-0.2, -0.15) is 0 Å². The fourth-order valence-electron chi connectivity index (χ4n) is 3.05. The van der Waals surface area contributed by atoms with Crippen molar-refractivity contribution in [3.63, 3.8) is 0 Å². The van der Waals surface area contributed by atoms with Gasteiger partial charge in [0.1, 0.15) is 0 Å². The lowest BCUT2D eigenvalue weighted by molar-refractivity contribution is -0.116. The number of aryl methyl sites for hydroxylation is 2. The normalized spacial score (nSPS) is 16.8. The summed E-state index contributed by atoms with van der Waals surface area (Å²) in [6, 6.07) is 7.50. The first kappa shape index (κ1) is 14.5. The van der Waals surface area contributed by atoms with Crippen LogP contribution in [0.25, 0.3) is 11.3 Å². The summed E-state index contributed by atoms with van der Waals surface area (Å²) in [6.07, 6.45) is 3.66. The summed E-state index contributed by atoms with van der Waals surface area (Å²) in [4.78, 5) is 33.7. The summed E-state index contributed by atoms with van der Waals surface area (Å²) < 4.78 is 0. The number of hydrogen-bond acceptors (Lipinski definition) is 4. The Bertz CT molecular complexity index is 856. The minimum absolute atomic E-state index is 0.0712. The van der Waals surface area contributed by atoms with Crippen LogP contribution in [0.15, 0.2) is 47.8 Å². The van der Waals surface area contributed by atoms with Gasteiger partial charge in [-0.1, -0.05) is 12.1 Å². The smallest absolute Gasteiger partial charge is 0.256 e. The monoisotopic (exact) mass is 317 g/mol. The van der Waals surface area contributed by atoms with Crippen LogP contribution in [0.5, 0.6) is 0 Å². The lowest BCUT2D eigenvalue weighted by Crippen LogP contribution is -2.17. The highest BCUT2D eigenvalue weighted by molar-refractivity contribution is 6.31. The van der Waals surface area contributed by atoms with Crippen LogP contribution in [0.2, 0.25) is 0 Å². The molecule has 0 unspecified atom stereocenters. The van der Waals surface area contributed by atoms with Crippen molar-refractivity contribution in [2.45, 2.75) is 20.3 Å². The van der Waals surface area contributed by atoms with E-state index in [-0.39, 0.29) is 18.1 Å². The number of fused-ring (bicyclic) bond motifs is 1. The van der Waals surface area contributed by atoms with Crippen molar-refractivity contribution >= 4 is 23.0 Å². The number of carbonyl (C=O) groups excluding carboxylic acids is 2. The van der Waals surface area contributed by atoms with Gasteiger partial charge in [0, 0.05) is 18.8 Å². The number of rotatable bonds is 2. The molecule has 2 aromatic heterocycles. The zero-order chi connectivity index (χ0) is 16.8. The number of amides is 1. The molecule has 0 aromatic carbocycles. The number of carbonyl (C=O) groups is 2. The Hall–Kier alpha value is -3.08. The number of nitrogens with zero attached hydrogens (tertiary/aromatic N) is 2. The molecular weight excluding hydrogens is 302 g/mol. The van der Waals surface area contributed by atoms with E-state index in [9.17, 15) is 9.59 Å². The Balaban J connectivity index is 1.88. The van der Waals surface area contributed by atoms with E-state index >= 15 is 0 Å². The molecule has 0 fully saturated rings. The molecule has 0 saturated carbocycles. The molecule has 1 aliphatic heterocycles. The van der Waals surface area contributed by atoms with Crippen molar-refractivity contribution in [1.82, 2.24) is 15.3 Å². The van der Waals surface area contributed by atoms with Gasteiger partial charge in [-0.15, -0.1) is 0 Å². The largest absolute Gasteiger partial charge is 0.319 e. The standard InChI is InChI=1S/C19H15N3O2/c1-10-3-5-13(20-8-10)12-7-15(23)17-16(12)19(24)22-18(17)14-6-4-11(2)9-21-14/h3-6,8-9H,7H2,1-2H3,(H,22,24). The summed E-state index contributed by atoms with van der Waals surface area (Å²) in [5.74, 6) is -0.330. The van der Waals surface area contributed by atoms with E-state index in [1.54, 1.807) is 12.4 Å². The molecular formula is C19H15N3O2. The molecule has 5 heteroatoms. The zero-order valence-corrected chi connectivity index (χ0v) is 13.4. The number of Topliss-reactive ketones (excluding diaryl/α,β-unsaturated/α-hetero) is 1. The van der Waals surface area contributed by atoms with Gasteiger partial charge < -0.3 is 5.32 Å². The number of aromatic nitrogens is 2. The average Bonchev–Trinajstić information content (AvgIpc) is 3.08. The van der Waals surface area contributed by atoms with Crippen LogP contribution in [-0.2, 0) is 9.59 Å². The molecule has 3 heterocycles. The van der Waals surface area contributed by atoms with E-state index in [2.05, 4.69) is 15.3 Å². The van der Waals surface area contributed by atoms with Crippen molar-refractivity contribution in [1.29, 1.82) is 0 Å². The van der Waals surface area contributed by atoms with Gasteiger partial charge in [0.2, 0.25) is 0 Å². The first-order chi connectivity index (χ1) is 11.5. The van der Waals surface area contributed by atoms with Crippen molar-refractivity contribution in [2.75, 3.05) is 0 Å². The molecule has 0 saturated heterocycles. The van der Waals surface area contributed by atoms with Crippen LogP contribution < -0.4 is 5.32 Å². The van der Waals surface area contributed by atoms with E-state index in [1.165, 1.54) is 0 Å². The Morgan fingerprint density at radius 2 is 1.50 bits per heavy atom. The quantitative estimate of drug-likeness (QED) is 0.923. The second-order valence-electron chi connectivity index (χ2n) is 6.10. The molecule has 2 aromatic rings. The van der Waals surface area contributed by atoms with E-state index in [0.29, 0.717) is 33.8 Å². The number of allylic oxidation sites excluding steroid dienone is 1. The highest BCUT2D eigenvalue weighted by Gasteiger charge is 2.41. The van der Waals surface area contributed by atoms with Crippen molar-refractivity contribution in [2.24, 2.45) is 0 Å². The van der Waals surface area contributed by atoms with Gasteiger partial charge in [0.15, 0.2) is 5.78 Å². The SMILES string of the molecule is Cc1ccc(C2=C3C(=O)NC(c4ccc(C)cn4)=C3C(=O)C2)nc1. The zero-order valence-electron chi connectivity index (χ0n) is 13.4. The van der Waals surface area contributed by atoms with Crippen LogP contribution in [-0.4, -0.2) is 21.7 Å². The second kappa shape index (κ2) is 5.23. The Morgan fingerprint density at radius 1 is 0.875 bits per heavy atom. The summed E-state index contributed by atoms with van der Waals surface area (Å²) in [5.41, 5.74) is 5.40. The molecule has 0 bridgehead atoms. The van der Waals surface area contributed by atoms with Crippen LogP contribution in [0.3, 0.4) is 0 Å². The molecule has 118 valence electrons. The molecule has 5 nitrogen and oxygen atoms in total. The summed E-state index contributed by atoms with van der Waals surface area (Å²) in [6.45, 7) is 3.89. The summed E-state index contributed by atoms with van der Waals surface area (Å²) in [5, 5.41) is 2.80. The lowest BCUT2D eigenvalue weighted by atomic mass is 10.0. The maximum atomic E-state index is 12.6. The van der Waals surface area contributed by atoms with Crippen LogP contribution >= 0.6 is 0 Å². The minimum atomic E-state index is -0.259. The van der Waals surface area contributed by atoms with Crippen LogP contribution in [0.1, 0.15) is 28.9 Å². The maximum Gasteiger partial charge on any atom is 0.256 e. The third-order valence-corrected chi connectivity index (χ3v) is 4.27. The fourth-order valence-corrected chi connectivity index (χ4v) is 3.05. The van der Waals surface area contributed by atoms with Crippen molar-refractivity contribution in [3.8, 4) is 0 Å². The molecule has 1 N–H and O–H groups in total. The van der Waals surface area contributed by atoms with Gasteiger partial charge in [0.05, 0.1) is 28.2 Å². The van der Waals surface area contributed by atoms with E-state index < -0.39 is 0 Å². The van der Waals surface area contributed by atoms with Crippen LogP contribution in [0.4, 0.5) is 0 Å². The van der Waals surface area contributed by atoms with Crippen molar-refractivity contribution in [3.05, 3.63) is 70.3 Å². The maximum absolute atomic E-state index is 12.6. The lowest BCUT2D eigenvalue weighted by Gasteiger charge is -2.05. The molecule has 24 heavy (non-hydrogen) atoms. The third kappa shape index (κ3) is 2.17. The summed E-state index contributed by atoms with van der Waals surface area (Å²) >= 11 is 0. The molecule has 2 aliphatic rings. The summed E-state index contributed by atoms with van der Waals surface area (Å²) in [7, 11) is 0. The molecule has 1 aliphatic carbocycles. The highest BCUT2D eigenvalue weighted by Crippen LogP contribution is 2.41. The minimum Gasteiger partial charge on any atom is -0.319 e. The second-order valence-corrected chi connectivity index (χ2v) is 6.10. The highest BCUT2D eigenvalue weighted by atomic mass is 16.2. The van der Waals surface area contributed by atoms with Gasteiger partial charge in [0.25, 0.3) is 5.91 Å². The van der Waals surface area contributed by atoms with Crippen LogP contribution in [0, 0.1) is 13.8 Å². The fraction of sp³-hybridized carbons (Fsp3) is 0.158. The Morgan fingerprint density at radius 3 is 2.08 bits per heavy atom. The predicted molar refractivity (Wildman–Crippen MR) is 89.6 cm³/mol. The molecule has 0 atom stereocenters. The van der Waals surface area contributed by atoms with E-state index in [1.807, 2.05) is 38.1 Å². The van der Waals surface area contributed by atoms with Gasteiger partial charge >= 0.3 is 0 Å². The van der Waals surface area contributed by atoms with E-state index in [0.717, 1.165) is 11.1 Å². The van der Waals surface area contributed by atoms with Gasteiger partial charge in [-0.3, -0.25) is 19.6 Å². The number of ketones is 1. The van der Waals surface area contributed by atoms with Gasteiger partial charge in [-0.05, 0) is 42.7 Å². The molecule has 0 radical (unpaired) electrons. The number of pyridine rings is 2. The topological polar surface area (TPSA) is 72.0 Å². The first-order valence-electron chi connectivity index (χ1n) is 7.73. The molecule has 4 rings (SSSR count). The molecule has 1 amide bonds. The Labute approximate surface area is 139 Å². The predicted octanol–water partition coefficient (Wildman–Crippen LogP) is 2.36. The van der Waals surface area contributed by atoms with Gasteiger partial charge in [-0.25, -0.2) is 0 Å². The molecule has 0 spiro atoms. The van der Waals surface area contributed by atoms with E-state index in [4.69, 9.17) is 0 Å². The third-order valence-electron chi connectivity index (χ3n) is 4.27. The number of nitrogens with one attached hydrogen (secondary N) is 1.